The fourth-order valence-corrected chi connectivity index (χ4v) is 3.46. The molecule has 28 heavy (non-hydrogen) atoms. The summed E-state index contributed by atoms with van der Waals surface area (Å²) >= 11 is 1.33. The first kappa shape index (κ1) is 19.7. The second-order valence-corrected chi connectivity index (χ2v) is 7.49. The maximum absolute atomic E-state index is 12.5. The van der Waals surface area contributed by atoms with E-state index in [9.17, 15) is 9.59 Å². The summed E-state index contributed by atoms with van der Waals surface area (Å²) in [5.74, 6) is -0.468. The van der Waals surface area contributed by atoms with Crippen LogP contribution in [0.4, 0.5) is 17.1 Å². The van der Waals surface area contributed by atoms with Gasteiger partial charge in [0.2, 0.25) is 5.91 Å². The SMILES string of the molecule is COC(=O)CC1=CC(S[C@H](C)C(=O)Nc2ccccc2)=Nc2ccccc2N1. The lowest BCUT2D eigenvalue weighted by Crippen LogP contribution is -2.23. The molecule has 0 fully saturated rings. The summed E-state index contributed by atoms with van der Waals surface area (Å²) in [7, 11) is 1.35. The number of carbonyl (C=O) groups is 2. The summed E-state index contributed by atoms with van der Waals surface area (Å²) in [6, 6.07) is 16.9. The van der Waals surface area contributed by atoms with E-state index in [4.69, 9.17) is 4.74 Å². The van der Waals surface area contributed by atoms with Gasteiger partial charge in [-0.2, -0.15) is 0 Å². The molecule has 6 nitrogen and oxygen atoms in total. The van der Waals surface area contributed by atoms with Gasteiger partial charge in [-0.3, -0.25) is 9.59 Å². The third-order valence-electron chi connectivity index (χ3n) is 4.00. The highest BCUT2D eigenvalue weighted by atomic mass is 32.2. The van der Waals surface area contributed by atoms with E-state index in [1.807, 2.05) is 61.5 Å². The van der Waals surface area contributed by atoms with Crippen LogP contribution in [0.25, 0.3) is 0 Å². The molecule has 0 bridgehead atoms. The number of para-hydroxylation sites is 3. The van der Waals surface area contributed by atoms with Crippen molar-refractivity contribution in [2.75, 3.05) is 17.7 Å². The molecule has 0 spiro atoms. The maximum atomic E-state index is 12.5. The van der Waals surface area contributed by atoms with E-state index in [1.165, 1.54) is 18.9 Å². The Morgan fingerprint density at radius 3 is 2.61 bits per heavy atom. The highest BCUT2D eigenvalue weighted by Gasteiger charge is 2.19. The van der Waals surface area contributed by atoms with Crippen molar-refractivity contribution in [3.05, 3.63) is 66.4 Å². The van der Waals surface area contributed by atoms with Crippen molar-refractivity contribution in [1.29, 1.82) is 0 Å². The van der Waals surface area contributed by atoms with E-state index in [-0.39, 0.29) is 23.5 Å². The molecule has 1 aliphatic rings. The molecule has 0 radical (unpaired) electrons. The average molecular weight is 395 g/mol. The van der Waals surface area contributed by atoms with Crippen LogP contribution in [0.1, 0.15) is 13.3 Å². The van der Waals surface area contributed by atoms with E-state index in [2.05, 4.69) is 15.6 Å². The minimum Gasteiger partial charge on any atom is -0.469 e. The Morgan fingerprint density at radius 2 is 1.86 bits per heavy atom. The fraction of sp³-hybridized carbons (Fsp3) is 0.190. The van der Waals surface area contributed by atoms with Crippen LogP contribution in [-0.2, 0) is 14.3 Å². The zero-order valence-corrected chi connectivity index (χ0v) is 16.5. The number of aliphatic imine (C=N–C) groups is 1. The smallest absolute Gasteiger partial charge is 0.311 e. The number of nitrogens with one attached hydrogen (secondary N) is 2. The van der Waals surface area contributed by atoms with Crippen molar-refractivity contribution in [3.63, 3.8) is 0 Å². The van der Waals surface area contributed by atoms with Gasteiger partial charge in [-0.15, -0.1) is 0 Å². The summed E-state index contributed by atoms with van der Waals surface area (Å²) in [6.07, 6.45) is 1.88. The van der Waals surface area contributed by atoms with Crippen LogP contribution in [-0.4, -0.2) is 29.3 Å². The van der Waals surface area contributed by atoms with Crippen LogP contribution in [0.15, 0.2) is 71.4 Å². The number of anilines is 2. The molecule has 1 aliphatic heterocycles. The number of methoxy groups -OCH3 is 1. The molecular weight excluding hydrogens is 374 g/mol. The van der Waals surface area contributed by atoms with Gasteiger partial charge in [-0.1, -0.05) is 42.1 Å². The van der Waals surface area contributed by atoms with E-state index in [1.54, 1.807) is 6.08 Å². The van der Waals surface area contributed by atoms with Gasteiger partial charge >= 0.3 is 5.97 Å². The molecule has 0 saturated heterocycles. The highest BCUT2D eigenvalue weighted by molar-refractivity contribution is 8.15. The van der Waals surface area contributed by atoms with Crippen LogP contribution in [0.2, 0.25) is 0 Å². The number of rotatable bonds is 5. The summed E-state index contributed by atoms with van der Waals surface area (Å²) in [5, 5.41) is 6.39. The van der Waals surface area contributed by atoms with Gasteiger partial charge in [-0.25, -0.2) is 4.99 Å². The Bertz CT molecular complexity index is 926. The predicted molar refractivity (Wildman–Crippen MR) is 114 cm³/mol. The number of ether oxygens (including phenoxy) is 1. The Morgan fingerprint density at radius 1 is 1.14 bits per heavy atom. The minimum atomic E-state index is -0.375. The lowest BCUT2D eigenvalue weighted by molar-refractivity contribution is -0.139. The highest BCUT2D eigenvalue weighted by Crippen LogP contribution is 2.32. The summed E-state index contributed by atoms with van der Waals surface area (Å²) < 4.78 is 4.77. The number of hydrogen-bond donors (Lipinski definition) is 2. The van der Waals surface area contributed by atoms with Gasteiger partial charge in [0.05, 0.1) is 35.2 Å². The van der Waals surface area contributed by atoms with Crippen LogP contribution in [0, 0.1) is 0 Å². The summed E-state index contributed by atoms with van der Waals surface area (Å²) in [4.78, 5) is 28.9. The minimum absolute atomic E-state index is 0.0923. The molecule has 0 aliphatic carbocycles. The first-order chi connectivity index (χ1) is 13.5. The van der Waals surface area contributed by atoms with E-state index >= 15 is 0 Å². The van der Waals surface area contributed by atoms with Gasteiger partial charge in [0.1, 0.15) is 0 Å². The van der Waals surface area contributed by atoms with Crippen LogP contribution < -0.4 is 10.6 Å². The van der Waals surface area contributed by atoms with Crippen molar-refractivity contribution >= 4 is 45.7 Å². The lowest BCUT2D eigenvalue weighted by atomic mass is 10.2. The molecule has 0 unspecified atom stereocenters. The molecule has 0 saturated carbocycles. The summed E-state index contributed by atoms with van der Waals surface area (Å²) in [5.41, 5.74) is 2.96. The predicted octanol–water partition coefficient (Wildman–Crippen LogP) is 4.35. The third kappa shape index (κ3) is 5.23. The molecular formula is C21H21N3O3S. The zero-order valence-electron chi connectivity index (χ0n) is 15.6. The average Bonchev–Trinajstić information content (AvgIpc) is 2.86. The number of thioether (sulfide) groups is 1. The molecule has 144 valence electrons. The Kier molecular flexibility index (Phi) is 6.49. The second-order valence-electron chi connectivity index (χ2n) is 6.13. The molecule has 2 aromatic carbocycles. The van der Waals surface area contributed by atoms with E-state index < -0.39 is 0 Å². The molecule has 0 aromatic heterocycles. The van der Waals surface area contributed by atoms with Crippen LogP contribution in [0.3, 0.4) is 0 Å². The molecule has 3 rings (SSSR count). The van der Waals surface area contributed by atoms with Crippen LogP contribution >= 0.6 is 11.8 Å². The normalized spacial score (nSPS) is 13.8. The van der Waals surface area contributed by atoms with Crippen molar-refractivity contribution in [3.8, 4) is 0 Å². The van der Waals surface area contributed by atoms with Gasteiger partial charge in [0.25, 0.3) is 0 Å². The fourth-order valence-electron chi connectivity index (χ4n) is 2.57. The molecule has 7 heteroatoms. The molecule has 2 N–H and O–H groups in total. The topological polar surface area (TPSA) is 79.8 Å². The Labute approximate surface area is 168 Å². The third-order valence-corrected chi connectivity index (χ3v) is 5.02. The molecule has 1 heterocycles. The first-order valence-corrected chi connectivity index (χ1v) is 9.68. The second kappa shape index (κ2) is 9.23. The summed E-state index contributed by atoms with van der Waals surface area (Å²) in [6.45, 7) is 1.82. The van der Waals surface area contributed by atoms with Crippen molar-refractivity contribution in [1.82, 2.24) is 0 Å². The largest absolute Gasteiger partial charge is 0.469 e. The standard InChI is InChI=1S/C21H21N3O3S/c1-14(21(26)23-15-8-4-3-5-9-15)28-19-12-16(13-20(25)27-2)22-17-10-6-7-11-18(17)24-19/h3-12,14,22H,13H2,1-2H3,(H,23,26)/t14-/m1/s1. The molecule has 1 atom stereocenters. The lowest BCUT2D eigenvalue weighted by Gasteiger charge is -2.12. The quantitative estimate of drug-likeness (QED) is 0.736. The number of nitrogens with zero attached hydrogens (tertiary/aromatic N) is 1. The van der Waals surface area contributed by atoms with Crippen LogP contribution in [0.5, 0.6) is 0 Å². The van der Waals surface area contributed by atoms with Gasteiger partial charge in [0.15, 0.2) is 0 Å². The number of amides is 1. The van der Waals surface area contributed by atoms with Gasteiger partial charge in [-0.05, 0) is 37.3 Å². The molecule has 2 aromatic rings. The van der Waals surface area contributed by atoms with E-state index in [0.29, 0.717) is 10.7 Å². The Balaban J connectivity index is 1.79. The van der Waals surface area contributed by atoms with Gasteiger partial charge in [0, 0.05) is 11.4 Å². The number of esters is 1. The van der Waals surface area contributed by atoms with Gasteiger partial charge < -0.3 is 15.4 Å². The number of fused-ring (bicyclic) bond motifs is 1. The first-order valence-electron chi connectivity index (χ1n) is 8.80. The van der Waals surface area contributed by atoms with Crippen molar-refractivity contribution < 1.29 is 14.3 Å². The number of benzene rings is 2. The number of hydrogen-bond acceptors (Lipinski definition) is 6. The number of carbonyl (C=O) groups excluding carboxylic acids is 2. The zero-order chi connectivity index (χ0) is 19.9. The van der Waals surface area contributed by atoms with Crippen molar-refractivity contribution in [2.45, 2.75) is 18.6 Å². The monoisotopic (exact) mass is 395 g/mol. The Hall–Kier alpha value is -3.06. The van der Waals surface area contributed by atoms with Crippen molar-refractivity contribution in [2.24, 2.45) is 4.99 Å². The van der Waals surface area contributed by atoms with E-state index in [0.717, 1.165) is 17.1 Å². The molecule has 1 amide bonds. The maximum Gasteiger partial charge on any atom is 0.311 e.